The minimum absolute atomic E-state index is 0.120. The van der Waals surface area contributed by atoms with Gasteiger partial charge in [0.25, 0.3) is 11.8 Å². The molecule has 1 N–H and O–H groups in total. The quantitative estimate of drug-likeness (QED) is 0.518. The molecule has 3 nitrogen and oxygen atoms in total. The van der Waals surface area contributed by atoms with E-state index in [0.717, 1.165) is 12.1 Å². The molecule has 28 heavy (non-hydrogen) atoms. The first-order chi connectivity index (χ1) is 13.2. The minimum Gasteiger partial charge on any atom is -0.288 e. The monoisotopic (exact) mass is 403 g/mol. The van der Waals surface area contributed by atoms with E-state index in [0.29, 0.717) is 23.1 Å². The Morgan fingerprint density at radius 1 is 1.11 bits per heavy atom. The van der Waals surface area contributed by atoms with E-state index in [1.807, 2.05) is 13.8 Å². The van der Waals surface area contributed by atoms with Crippen LogP contribution in [-0.4, -0.2) is 11.8 Å². The molecule has 2 rings (SSSR count). The second-order valence-electron chi connectivity index (χ2n) is 6.72. The van der Waals surface area contributed by atoms with Gasteiger partial charge < -0.3 is 0 Å². The van der Waals surface area contributed by atoms with E-state index < -0.39 is 23.4 Å². The average Bonchev–Trinajstić information content (AvgIpc) is 2.61. The zero-order valence-corrected chi connectivity index (χ0v) is 16.3. The fourth-order valence-electron chi connectivity index (χ4n) is 2.54. The van der Waals surface area contributed by atoms with Crippen molar-refractivity contribution in [3.8, 4) is 0 Å². The van der Waals surface area contributed by atoms with Crippen molar-refractivity contribution in [3.05, 3.63) is 82.4 Å². The first-order valence-electron chi connectivity index (χ1n) is 8.63. The Morgan fingerprint density at radius 3 is 2.32 bits per heavy atom. The van der Waals surface area contributed by atoms with Gasteiger partial charge in [-0.2, -0.15) is 0 Å². The number of carbonyl (C=O) groups excluding carboxylic acids is 2. The highest BCUT2D eigenvalue weighted by molar-refractivity contribution is 6.31. The van der Waals surface area contributed by atoms with Gasteiger partial charge in [0.2, 0.25) is 0 Å². The number of hydrogen-bond donors (Lipinski definition) is 1. The first kappa shape index (κ1) is 21.5. The molecule has 0 radical (unpaired) electrons. The molecule has 0 aromatic heterocycles. The number of rotatable bonds is 6. The Hall–Kier alpha value is -2.79. The Bertz CT molecular complexity index is 934. The Kier molecular flexibility index (Phi) is 7.24. The second-order valence-corrected chi connectivity index (χ2v) is 7.15. The van der Waals surface area contributed by atoms with Crippen LogP contribution in [0.3, 0.4) is 0 Å². The fraction of sp³-hybridized carbons (Fsp3) is 0.182. The molecule has 0 unspecified atom stereocenters. The van der Waals surface area contributed by atoms with E-state index in [-0.39, 0.29) is 22.6 Å². The predicted molar refractivity (Wildman–Crippen MR) is 107 cm³/mol. The van der Waals surface area contributed by atoms with E-state index >= 15 is 0 Å². The molecule has 0 aliphatic heterocycles. The van der Waals surface area contributed by atoms with Crippen molar-refractivity contribution in [2.24, 2.45) is 5.92 Å². The maximum Gasteiger partial charge on any atom is 0.258 e. The van der Waals surface area contributed by atoms with Gasteiger partial charge in [-0.15, -0.1) is 0 Å². The van der Waals surface area contributed by atoms with Crippen molar-refractivity contribution in [2.45, 2.75) is 20.3 Å². The Morgan fingerprint density at radius 2 is 1.75 bits per heavy atom. The molecule has 2 aromatic carbocycles. The highest BCUT2D eigenvalue weighted by Gasteiger charge is 2.20. The van der Waals surface area contributed by atoms with Crippen LogP contribution in [0.5, 0.6) is 0 Å². The second kappa shape index (κ2) is 9.42. The van der Waals surface area contributed by atoms with E-state index in [1.165, 1.54) is 6.08 Å². The lowest BCUT2D eigenvalue weighted by Gasteiger charge is -2.12. The summed E-state index contributed by atoms with van der Waals surface area (Å²) in [5.74, 6) is -2.94. The van der Waals surface area contributed by atoms with Crippen LogP contribution >= 0.6 is 11.6 Å². The molecule has 2 aromatic rings. The van der Waals surface area contributed by atoms with Crippen LogP contribution in [0.25, 0.3) is 11.6 Å². The van der Waals surface area contributed by atoms with Crippen molar-refractivity contribution in [3.63, 3.8) is 0 Å². The highest BCUT2D eigenvalue weighted by atomic mass is 35.5. The number of benzene rings is 2. The molecular weight excluding hydrogens is 384 g/mol. The molecule has 0 spiro atoms. The minimum atomic E-state index is -0.913. The molecule has 0 aliphatic rings. The van der Waals surface area contributed by atoms with Crippen molar-refractivity contribution in [2.75, 3.05) is 0 Å². The lowest BCUT2D eigenvalue weighted by molar-refractivity contribution is -0.125. The molecule has 2 amide bonds. The standard InChI is InChI=1S/C22H20ClF2NO2/c1-13(2)10-14(3)21(27)26-22(28)19(11-15-4-6-16(23)7-5-15)18-9-8-17(24)12-20(18)25/h4-9,11-13H,3,10H2,1-2H3,(H,26,27,28)/b19-11+. The summed E-state index contributed by atoms with van der Waals surface area (Å²) in [7, 11) is 0. The maximum absolute atomic E-state index is 14.3. The van der Waals surface area contributed by atoms with Crippen LogP contribution in [0.1, 0.15) is 31.4 Å². The predicted octanol–water partition coefficient (Wildman–Crippen LogP) is 5.40. The summed E-state index contributed by atoms with van der Waals surface area (Å²) in [6.45, 7) is 7.51. The summed E-state index contributed by atoms with van der Waals surface area (Å²) in [6.07, 6.45) is 1.82. The summed E-state index contributed by atoms with van der Waals surface area (Å²) < 4.78 is 27.6. The van der Waals surface area contributed by atoms with Gasteiger partial charge in [-0.25, -0.2) is 8.78 Å². The largest absolute Gasteiger partial charge is 0.288 e. The number of nitrogens with one attached hydrogen (secondary N) is 1. The van der Waals surface area contributed by atoms with E-state index in [2.05, 4.69) is 11.9 Å². The third kappa shape index (κ3) is 5.86. The normalized spacial score (nSPS) is 11.4. The lowest BCUT2D eigenvalue weighted by Crippen LogP contribution is -2.32. The van der Waals surface area contributed by atoms with Crippen molar-refractivity contribution < 1.29 is 18.4 Å². The maximum atomic E-state index is 14.3. The molecule has 6 heteroatoms. The van der Waals surface area contributed by atoms with Gasteiger partial charge in [0.15, 0.2) is 0 Å². The van der Waals surface area contributed by atoms with Crippen LogP contribution in [0.15, 0.2) is 54.6 Å². The average molecular weight is 404 g/mol. The topological polar surface area (TPSA) is 46.2 Å². The van der Waals surface area contributed by atoms with Crippen LogP contribution in [0, 0.1) is 17.6 Å². The van der Waals surface area contributed by atoms with Gasteiger partial charge in [0, 0.05) is 22.2 Å². The fourth-order valence-corrected chi connectivity index (χ4v) is 2.67. The third-order valence-corrected chi connectivity index (χ3v) is 4.10. The van der Waals surface area contributed by atoms with E-state index in [1.54, 1.807) is 24.3 Å². The van der Waals surface area contributed by atoms with E-state index in [4.69, 9.17) is 11.6 Å². The zero-order chi connectivity index (χ0) is 20.8. The number of carbonyl (C=O) groups is 2. The summed E-state index contributed by atoms with van der Waals surface area (Å²) in [5, 5.41) is 2.72. The molecule has 0 saturated carbocycles. The van der Waals surface area contributed by atoms with Crippen molar-refractivity contribution in [1.82, 2.24) is 5.32 Å². The van der Waals surface area contributed by atoms with Crippen LogP contribution in [0.4, 0.5) is 8.78 Å². The molecule has 0 heterocycles. The van der Waals surface area contributed by atoms with Crippen molar-refractivity contribution >= 4 is 35.1 Å². The SMILES string of the molecule is C=C(CC(C)C)C(=O)NC(=O)/C(=C/c1ccc(Cl)cc1)c1ccc(F)cc1F. The van der Waals surface area contributed by atoms with Gasteiger partial charge in [-0.05, 0) is 48.2 Å². The van der Waals surface area contributed by atoms with Gasteiger partial charge in [0.05, 0.1) is 5.57 Å². The zero-order valence-electron chi connectivity index (χ0n) is 15.6. The van der Waals surface area contributed by atoms with Gasteiger partial charge in [0.1, 0.15) is 11.6 Å². The number of hydrogen-bond acceptors (Lipinski definition) is 2. The summed E-state index contributed by atoms with van der Waals surface area (Å²) in [6, 6.07) is 9.37. The lowest BCUT2D eigenvalue weighted by atomic mass is 10.00. The molecule has 146 valence electrons. The number of amides is 2. The molecule has 0 atom stereocenters. The summed E-state index contributed by atoms with van der Waals surface area (Å²) >= 11 is 5.86. The summed E-state index contributed by atoms with van der Waals surface area (Å²) in [5.41, 5.74) is 0.558. The van der Waals surface area contributed by atoms with Gasteiger partial charge >= 0.3 is 0 Å². The highest BCUT2D eigenvalue weighted by Crippen LogP contribution is 2.23. The van der Waals surface area contributed by atoms with Crippen LogP contribution in [-0.2, 0) is 9.59 Å². The molecule has 0 fully saturated rings. The molecule has 0 aliphatic carbocycles. The van der Waals surface area contributed by atoms with Crippen molar-refractivity contribution in [1.29, 1.82) is 0 Å². The third-order valence-electron chi connectivity index (χ3n) is 3.85. The van der Waals surface area contributed by atoms with E-state index in [9.17, 15) is 18.4 Å². The van der Waals surface area contributed by atoms with Gasteiger partial charge in [-0.3, -0.25) is 14.9 Å². The smallest absolute Gasteiger partial charge is 0.258 e. The molecule has 0 saturated heterocycles. The molecule has 0 bridgehead atoms. The number of imide groups is 1. The Balaban J connectivity index is 2.40. The van der Waals surface area contributed by atoms with Gasteiger partial charge in [-0.1, -0.05) is 44.2 Å². The number of halogens is 3. The summed E-state index contributed by atoms with van der Waals surface area (Å²) in [4.78, 5) is 25.0. The Labute approximate surface area is 167 Å². The van der Waals surface area contributed by atoms with Crippen LogP contribution < -0.4 is 5.32 Å². The molecular formula is C22H20ClF2NO2. The first-order valence-corrected chi connectivity index (χ1v) is 9.01. The van der Waals surface area contributed by atoms with Crippen LogP contribution in [0.2, 0.25) is 5.02 Å².